The first-order valence-corrected chi connectivity index (χ1v) is 5.87. The zero-order chi connectivity index (χ0) is 10.7. The molecule has 2 rings (SSSR count). The van der Waals surface area contributed by atoms with Gasteiger partial charge in [-0.15, -0.1) is 11.3 Å². The van der Waals surface area contributed by atoms with E-state index >= 15 is 0 Å². The van der Waals surface area contributed by atoms with Gasteiger partial charge in [-0.3, -0.25) is 0 Å². The van der Waals surface area contributed by atoms with Gasteiger partial charge < -0.3 is 9.73 Å². The molecule has 1 atom stereocenters. The summed E-state index contributed by atoms with van der Waals surface area (Å²) in [4.78, 5) is 5.50. The Morgan fingerprint density at radius 3 is 3.00 bits per heavy atom. The average molecular weight is 222 g/mol. The van der Waals surface area contributed by atoms with Gasteiger partial charge in [0.05, 0.1) is 22.3 Å². The molecule has 0 spiro atoms. The molecule has 0 aliphatic rings. The zero-order valence-electron chi connectivity index (χ0n) is 8.86. The first-order chi connectivity index (χ1) is 7.33. The van der Waals surface area contributed by atoms with Crippen LogP contribution >= 0.6 is 11.3 Å². The number of thiazole rings is 1. The number of nitrogens with one attached hydrogen (secondary N) is 1. The fourth-order valence-corrected chi connectivity index (χ4v) is 2.45. The van der Waals surface area contributed by atoms with Crippen molar-refractivity contribution in [2.75, 3.05) is 6.54 Å². The summed E-state index contributed by atoms with van der Waals surface area (Å²) >= 11 is 1.66. The smallest absolute Gasteiger partial charge is 0.126 e. The Hall–Kier alpha value is -1.13. The van der Waals surface area contributed by atoms with Crippen molar-refractivity contribution in [2.45, 2.75) is 19.9 Å². The lowest BCUT2D eigenvalue weighted by molar-refractivity contribution is 0.454. The summed E-state index contributed by atoms with van der Waals surface area (Å²) in [7, 11) is 0. The van der Waals surface area contributed by atoms with Gasteiger partial charge >= 0.3 is 0 Å². The van der Waals surface area contributed by atoms with Gasteiger partial charge in [-0.05, 0) is 25.6 Å². The van der Waals surface area contributed by atoms with E-state index in [2.05, 4.69) is 17.2 Å². The second-order valence-corrected chi connectivity index (χ2v) is 4.19. The molecular formula is C11H14N2OS. The van der Waals surface area contributed by atoms with E-state index in [4.69, 9.17) is 4.42 Å². The van der Waals surface area contributed by atoms with Gasteiger partial charge in [-0.2, -0.15) is 0 Å². The van der Waals surface area contributed by atoms with Gasteiger partial charge in [0.15, 0.2) is 0 Å². The van der Waals surface area contributed by atoms with Gasteiger partial charge in [0.2, 0.25) is 0 Å². The number of aromatic nitrogens is 1. The number of nitrogens with zero attached hydrogens (tertiary/aromatic N) is 1. The number of rotatable bonds is 4. The van der Waals surface area contributed by atoms with Crippen molar-refractivity contribution in [3.05, 3.63) is 40.2 Å². The summed E-state index contributed by atoms with van der Waals surface area (Å²) in [6, 6.07) is 4.04. The van der Waals surface area contributed by atoms with Crippen molar-refractivity contribution in [2.24, 2.45) is 0 Å². The second-order valence-electron chi connectivity index (χ2n) is 3.31. The number of aryl methyl sites for hydroxylation is 1. The predicted octanol–water partition coefficient (Wildman–Crippen LogP) is 2.74. The number of furan rings is 1. The Kier molecular flexibility index (Phi) is 3.18. The summed E-state index contributed by atoms with van der Waals surface area (Å²) in [5.74, 6) is 0.948. The van der Waals surface area contributed by atoms with E-state index in [9.17, 15) is 0 Å². The molecule has 3 nitrogen and oxygen atoms in total. The van der Waals surface area contributed by atoms with Gasteiger partial charge in [0, 0.05) is 0 Å². The highest BCUT2D eigenvalue weighted by molar-refractivity contribution is 7.09. The molecule has 0 fully saturated rings. The SMILES string of the molecule is CCNC(c1ccco1)c1scnc1C. The van der Waals surface area contributed by atoms with E-state index in [1.165, 1.54) is 4.88 Å². The molecule has 1 unspecified atom stereocenters. The topological polar surface area (TPSA) is 38.1 Å². The summed E-state index contributed by atoms with van der Waals surface area (Å²) in [6.07, 6.45) is 1.70. The average Bonchev–Trinajstić information content (AvgIpc) is 2.85. The first kappa shape index (κ1) is 10.4. The molecule has 0 bridgehead atoms. The molecule has 2 aromatic rings. The Labute approximate surface area is 93.2 Å². The summed E-state index contributed by atoms with van der Waals surface area (Å²) in [6.45, 7) is 5.02. The lowest BCUT2D eigenvalue weighted by Gasteiger charge is -2.14. The van der Waals surface area contributed by atoms with Crippen LogP contribution in [0.5, 0.6) is 0 Å². The van der Waals surface area contributed by atoms with Crippen LogP contribution in [0.2, 0.25) is 0 Å². The summed E-state index contributed by atoms with van der Waals surface area (Å²) < 4.78 is 5.44. The molecule has 0 aliphatic heterocycles. The molecular weight excluding hydrogens is 208 g/mol. The summed E-state index contributed by atoms with van der Waals surface area (Å²) in [5, 5.41) is 3.40. The molecule has 0 saturated carbocycles. The quantitative estimate of drug-likeness (QED) is 0.864. The van der Waals surface area contributed by atoms with E-state index in [0.717, 1.165) is 18.0 Å². The van der Waals surface area contributed by atoms with Crippen LogP contribution in [0.1, 0.15) is 29.3 Å². The maximum atomic E-state index is 5.44. The number of hydrogen-bond donors (Lipinski definition) is 1. The van der Waals surface area contributed by atoms with Crippen LogP contribution in [-0.2, 0) is 0 Å². The minimum atomic E-state index is 0.137. The molecule has 4 heteroatoms. The highest BCUT2D eigenvalue weighted by Gasteiger charge is 2.19. The first-order valence-electron chi connectivity index (χ1n) is 4.99. The normalized spacial score (nSPS) is 12.9. The van der Waals surface area contributed by atoms with Gasteiger partial charge in [0.25, 0.3) is 0 Å². The molecule has 0 amide bonds. The van der Waals surface area contributed by atoms with Gasteiger partial charge in [-0.25, -0.2) is 4.98 Å². The van der Waals surface area contributed by atoms with Crippen molar-refractivity contribution in [1.29, 1.82) is 0 Å². The third-order valence-corrected chi connectivity index (χ3v) is 3.28. The Morgan fingerprint density at radius 1 is 1.60 bits per heavy atom. The fourth-order valence-electron chi connectivity index (χ4n) is 1.57. The maximum absolute atomic E-state index is 5.44. The Balaban J connectivity index is 2.32. The van der Waals surface area contributed by atoms with Crippen LogP contribution in [-0.4, -0.2) is 11.5 Å². The van der Waals surface area contributed by atoms with Crippen LogP contribution in [0.3, 0.4) is 0 Å². The van der Waals surface area contributed by atoms with Crippen LogP contribution in [0.25, 0.3) is 0 Å². The van der Waals surface area contributed by atoms with Crippen LogP contribution in [0.4, 0.5) is 0 Å². The highest BCUT2D eigenvalue weighted by atomic mass is 32.1. The van der Waals surface area contributed by atoms with Gasteiger partial charge in [-0.1, -0.05) is 6.92 Å². The lowest BCUT2D eigenvalue weighted by atomic mass is 10.1. The van der Waals surface area contributed by atoms with Crippen LogP contribution in [0.15, 0.2) is 28.3 Å². The van der Waals surface area contributed by atoms with Crippen LogP contribution in [0, 0.1) is 6.92 Å². The molecule has 15 heavy (non-hydrogen) atoms. The third kappa shape index (κ3) is 2.11. The van der Waals surface area contributed by atoms with Crippen molar-refractivity contribution >= 4 is 11.3 Å². The molecule has 80 valence electrons. The second kappa shape index (κ2) is 4.59. The maximum Gasteiger partial charge on any atom is 0.126 e. The molecule has 2 heterocycles. The Morgan fingerprint density at radius 2 is 2.47 bits per heavy atom. The molecule has 1 N–H and O–H groups in total. The molecule has 0 aromatic carbocycles. The highest BCUT2D eigenvalue weighted by Crippen LogP contribution is 2.27. The standard InChI is InChI=1S/C11H14N2OS/c1-3-12-10(9-5-4-6-14-9)11-8(2)13-7-15-11/h4-7,10,12H,3H2,1-2H3. The molecule has 2 aromatic heterocycles. The lowest BCUT2D eigenvalue weighted by Crippen LogP contribution is -2.21. The van der Waals surface area contributed by atoms with Crippen molar-refractivity contribution in [1.82, 2.24) is 10.3 Å². The van der Waals surface area contributed by atoms with E-state index in [0.29, 0.717) is 0 Å². The zero-order valence-corrected chi connectivity index (χ0v) is 9.67. The van der Waals surface area contributed by atoms with E-state index in [-0.39, 0.29) is 6.04 Å². The number of hydrogen-bond acceptors (Lipinski definition) is 4. The molecule has 0 radical (unpaired) electrons. The van der Waals surface area contributed by atoms with Crippen molar-refractivity contribution in [3.63, 3.8) is 0 Å². The molecule has 0 saturated heterocycles. The predicted molar refractivity (Wildman–Crippen MR) is 61.1 cm³/mol. The minimum absolute atomic E-state index is 0.137. The van der Waals surface area contributed by atoms with E-state index in [1.54, 1.807) is 17.6 Å². The Bertz CT molecular complexity index is 408. The van der Waals surface area contributed by atoms with E-state index < -0.39 is 0 Å². The van der Waals surface area contributed by atoms with Crippen molar-refractivity contribution in [3.8, 4) is 0 Å². The fraction of sp³-hybridized carbons (Fsp3) is 0.364. The monoisotopic (exact) mass is 222 g/mol. The largest absolute Gasteiger partial charge is 0.467 e. The summed E-state index contributed by atoms with van der Waals surface area (Å²) in [5.41, 5.74) is 2.94. The van der Waals surface area contributed by atoms with Crippen LogP contribution < -0.4 is 5.32 Å². The minimum Gasteiger partial charge on any atom is -0.467 e. The van der Waals surface area contributed by atoms with Gasteiger partial charge in [0.1, 0.15) is 11.8 Å². The third-order valence-electron chi connectivity index (χ3n) is 2.28. The van der Waals surface area contributed by atoms with E-state index in [1.807, 2.05) is 24.6 Å². The van der Waals surface area contributed by atoms with Crippen molar-refractivity contribution < 1.29 is 4.42 Å². The molecule has 0 aliphatic carbocycles.